The Hall–Kier alpha value is -1.83. The van der Waals surface area contributed by atoms with Gasteiger partial charge in [-0.3, -0.25) is 4.57 Å². The lowest BCUT2D eigenvalue weighted by molar-refractivity contribution is 0.754. The van der Waals surface area contributed by atoms with Crippen molar-refractivity contribution in [1.82, 2.24) is 24.5 Å². The molecule has 7 nitrogen and oxygen atoms in total. The van der Waals surface area contributed by atoms with Crippen LogP contribution in [0, 0.1) is 0 Å². The van der Waals surface area contributed by atoms with E-state index in [1.807, 2.05) is 11.8 Å². The zero-order chi connectivity index (χ0) is 14.4. The minimum Gasteiger partial charge on any atom is -0.357 e. The number of hydrogen-bond acceptors (Lipinski definition) is 7. The molecule has 0 bridgehead atoms. The molecule has 0 saturated carbocycles. The molecule has 0 aliphatic carbocycles. The molecule has 2 aromatic rings. The van der Waals surface area contributed by atoms with Crippen LogP contribution in [-0.4, -0.2) is 49.6 Å². The number of nitrogens with one attached hydrogen (secondary N) is 2. The van der Waals surface area contributed by atoms with Crippen molar-refractivity contribution in [3.8, 4) is 5.95 Å². The molecule has 2 N–H and O–H groups in total. The number of imidazole rings is 1. The summed E-state index contributed by atoms with van der Waals surface area (Å²) in [6, 6.07) is 0.310. The van der Waals surface area contributed by atoms with Crippen molar-refractivity contribution in [2.24, 2.45) is 0 Å². The van der Waals surface area contributed by atoms with Gasteiger partial charge in [0.25, 0.3) is 0 Å². The molecule has 0 spiro atoms. The predicted molar refractivity (Wildman–Crippen MR) is 82.6 cm³/mol. The molecule has 108 valence electrons. The van der Waals surface area contributed by atoms with Crippen molar-refractivity contribution in [1.29, 1.82) is 0 Å². The van der Waals surface area contributed by atoms with Crippen LogP contribution in [0.3, 0.4) is 0 Å². The Morgan fingerprint density at radius 1 is 1.30 bits per heavy atom. The van der Waals surface area contributed by atoms with E-state index < -0.39 is 0 Å². The molecule has 0 saturated heterocycles. The van der Waals surface area contributed by atoms with E-state index in [-0.39, 0.29) is 0 Å². The Labute approximate surface area is 122 Å². The third-order valence-electron chi connectivity index (χ3n) is 2.71. The number of nitrogens with zero attached hydrogens (tertiary/aromatic N) is 5. The quantitative estimate of drug-likeness (QED) is 0.803. The Bertz CT molecular complexity index is 529. The summed E-state index contributed by atoms with van der Waals surface area (Å²) in [7, 11) is 1.79. The van der Waals surface area contributed by atoms with E-state index in [2.05, 4.69) is 43.7 Å². The number of anilines is 2. The van der Waals surface area contributed by atoms with Gasteiger partial charge in [0.15, 0.2) is 0 Å². The molecular formula is C12H19N7S. The van der Waals surface area contributed by atoms with Gasteiger partial charge in [0, 0.05) is 25.5 Å². The van der Waals surface area contributed by atoms with Crippen LogP contribution in [0.2, 0.25) is 0 Å². The first-order valence-corrected chi connectivity index (χ1v) is 7.80. The second kappa shape index (κ2) is 7.09. The minimum absolute atomic E-state index is 0.310. The van der Waals surface area contributed by atoms with Crippen molar-refractivity contribution in [3.05, 3.63) is 18.7 Å². The van der Waals surface area contributed by atoms with Gasteiger partial charge in [0.1, 0.15) is 6.33 Å². The second-order valence-electron chi connectivity index (χ2n) is 4.33. The summed E-state index contributed by atoms with van der Waals surface area (Å²) in [5.41, 5.74) is 0. The topological polar surface area (TPSA) is 80.5 Å². The minimum atomic E-state index is 0.310. The van der Waals surface area contributed by atoms with Crippen molar-refractivity contribution >= 4 is 23.7 Å². The molecule has 0 radical (unpaired) electrons. The lowest BCUT2D eigenvalue weighted by Crippen LogP contribution is -2.19. The summed E-state index contributed by atoms with van der Waals surface area (Å²) in [6.07, 6.45) is 8.32. The fourth-order valence-corrected chi connectivity index (χ4v) is 2.21. The maximum Gasteiger partial charge on any atom is 0.241 e. The Morgan fingerprint density at radius 2 is 2.10 bits per heavy atom. The molecular weight excluding hydrogens is 274 g/mol. The molecule has 2 aromatic heterocycles. The van der Waals surface area contributed by atoms with Gasteiger partial charge in [-0.25, -0.2) is 4.98 Å². The standard InChI is InChI=1S/C12H19N7S/c1-9(4-7-20-3)15-11-16-10(13-2)17-12(18-11)19-6-5-14-8-19/h5-6,8-9H,4,7H2,1-3H3,(H2,13,15,16,17,18). The van der Waals surface area contributed by atoms with Crippen LogP contribution in [0.25, 0.3) is 5.95 Å². The summed E-state index contributed by atoms with van der Waals surface area (Å²) < 4.78 is 1.75. The molecule has 1 atom stereocenters. The molecule has 8 heteroatoms. The first-order chi connectivity index (χ1) is 9.72. The van der Waals surface area contributed by atoms with Gasteiger partial charge in [-0.15, -0.1) is 0 Å². The molecule has 1 unspecified atom stereocenters. The number of rotatable bonds is 7. The lowest BCUT2D eigenvalue weighted by atomic mass is 10.3. The van der Waals surface area contributed by atoms with E-state index in [9.17, 15) is 0 Å². The average molecular weight is 293 g/mol. The highest BCUT2D eigenvalue weighted by atomic mass is 32.2. The highest BCUT2D eigenvalue weighted by Gasteiger charge is 2.09. The van der Waals surface area contributed by atoms with Gasteiger partial charge in [-0.05, 0) is 25.4 Å². The van der Waals surface area contributed by atoms with Crippen molar-refractivity contribution in [3.63, 3.8) is 0 Å². The lowest BCUT2D eigenvalue weighted by Gasteiger charge is -2.14. The number of aromatic nitrogens is 5. The number of hydrogen-bond donors (Lipinski definition) is 2. The molecule has 0 aromatic carbocycles. The van der Waals surface area contributed by atoms with Crippen LogP contribution in [0.4, 0.5) is 11.9 Å². The molecule has 0 amide bonds. The molecule has 0 aliphatic heterocycles. The smallest absolute Gasteiger partial charge is 0.241 e. The normalized spacial score (nSPS) is 12.2. The Morgan fingerprint density at radius 3 is 2.75 bits per heavy atom. The third-order valence-corrected chi connectivity index (χ3v) is 3.36. The van der Waals surface area contributed by atoms with Crippen molar-refractivity contribution < 1.29 is 0 Å². The van der Waals surface area contributed by atoms with E-state index >= 15 is 0 Å². The van der Waals surface area contributed by atoms with Crippen LogP contribution >= 0.6 is 11.8 Å². The monoisotopic (exact) mass is 293 g/mol. The summed E-state index contributed by atoms with van der Waals surface area (Å²) in [4.78, 5) is 17.1. The fourth-order valence-electron chi connectivity index (χ4n) is 1.62. The van der Waals surface area contributed by atoms with Gasteiger partial charge >= 0.3 is 0 Å². The van der Waals surface area contributed by atoms with Gasteiger partial charge < -0.3 is 10.6 Å². The fraction of sp³-hybridized carbons (Fsp3) is 0.500. The first kappa shape index (κ1) is 14.6. The Balaban J connectivity index is 2.18. The predicted octanol–water partition coefficient (Wildman–Crippen LogP) is 1.65. The first-order valence-electron chi connectivity index (χ1n) is 6.40. The maximum atomic E-state index is 4.41. The van der Waals surface area contributed by atoms with E-state index in [0.29, 0.717) is 23.9 Å². The highest BCUT2D eigenvalue weighted by Crippen LogP contribution is 2.11. The second-order valence-corrected chi connectivity index (χ2v) is 5.32. The largest absolute Gasteiger partial charge is 0.357 e. The highest BCUT2D eigenvalue weighted by molar-refractivity contribution is 7.98. The van der Waals surface area contributed by atoms with Crippen molar-refractivity contribution in [2.75, 3.05) is 29.7 Å². The maximum absolute atomic E-state index is 4.41. The zero-order valence-electron chi connectivity index (χ0n) is 11.9. The van der Waals surface area contributed by atoms with Gasteiger partial charge in [0.2, 0.25) is 17.8 Å². The van der Waals surface area contributed by atoms with E-state index in [4.69, 9.17) is 0 Å². The summed E-state index contributed by atoms with van der Waals surface area (Å²) in [5.74, 6) is 2.75. The SMILES string of the molecule is CNc1nc(NC(C)CCSC)nc(-n2ccnc2)n1. The van der Waals surface area contributed by atoms with Crippen LogP contribution in [0.1, 0.15) is 13.3 Å². The van der Waals surface area contributed by atoms with Gasteiger partial charge in [0.05, 0.1) is 0 Å². The van der Waals surface area contributed by atoms with Gasteiger partial charge in [-0.1, -0.05) is 0 Å². The van der Waals surface area contributed by atoms with Crippen LogP contribution in [0.5, 0.6) is 0 Å². The summed E-state index contributed by atoms with van der Waals surface area (Å²) in [5, 5.41) is 6.25. The molecule has 0 aliphatic rings. The van der Waals surface area contributed by atoms with E-state index in [1.165, 1.54) is 0 Å². The van der Waals surface area contributed by atoms with Crippen LogP contribution in [-0.2, 0) is 0 Å². The van der Waals surface area contributed by atoms with Crippen molar-refractivity contribution in [2.45, 2.75) is 19.4 Å². The average Bonchev–Trinajstić information content (AvgIpc) is 2.99. The third kappa shape index (κ3) is 3.83. The van der Waals surface area contributed by atoms with E-state index in [0.717, 1.165) is 12.2 Å². The molecule has 20 heavy (non-hydrogen) atoms. The van der Waals surface area contributed by atoms with Gasteiger partial charge in [-0.2, -0.15) is 26.7 Å². The molecule has 2 heterocycles. The Kier molecular flexibility index (Phi) is 5.16. The van der Waals surface area contributed by atoms with Crippen LogP contribution < -0.4 is 10.6 Å². The van der Waals surface area contributed by atoms with Crippen LogP contribution in [0.15, 0.2) is 18.7 Å². The molecule has 0 fully saturated rings. The number of thioether (sulfide) groups is 1. The molecule has 2 rings (SSSR count). The summed E-state index contributed by atoms with van der Waals surface area (Å²) >= 11 is 1.83. The zero-order valence-corrected chi connectivity index (χ0v) is 12.7. The summed E-state index contributed by atoms with van der Waals surface area (Å²) in [6.45, 7) is 2.12. The van der Waals surface area contributed by atoms with E-state index in [1.54, 1.807) is 30.3 Å².